The zero-order valence-corrected chi connectivity index (χ0v) is 33.4. The van der Waals surface area contributed by atoms with Crippen molar-refractivity contribution in [3.63, 3.8) is 0 Å². The maximum absolute atomic E-state index is 2.69. The maximum Gasteiger partial charge on any atom is 0.179 e. The lowest BCUT2D eigenvalue weighted by molar-refractivity contribution is 1.09. The molecule has 0 amide bonds. The van der Waals surface area contributed by atoms with Gasteiger partial charge in [0.05, 0.1) is 27.8 Å². The van der Waals surface area contributed by atoms with Crippen LogP contribution in [0.2, 0.25) is 0 Å². The number of hydrogen-bond acceptors (Lipinski definition) is 1. The summed E-state index contributed by atoms with van der Waals surface area (Å²) in [6.07, 6.45) is 0. The van der Waals surface area contributed by atoms with E-state index in [2.05, 4.69) is 228 Å². The molecule has 0 bridgehead atoms. The second-order valence-electron chi connectivity index (χ2n) is 15.3. The van der Waals surface area contributed by atoms with Crippen LogP contribution in [0.1, 0.15) is 0 Å². The van der Waals surface area contributed by atoms with Gasteiger partial charge in [0.25, 0.3) is 0 Å². The second-order valence-corrected chi connectivity index (χ2v) is 20.2. The molecular formula is C54H36N2SSi. The number of rotatable bonds is 6. The second kappa shape index (κ2) is 13.1. The third-order valence-corrected chi connectivity index (χ3v) is 18.2. The van der Waals surface area contributed by atoms with Crippen LogP contribution < -0.4 is 20.7 Å². The van der Waals surface area contributed by atoms with E-state index in [1.165, 1.54) is 91.0 Å². The average molecular weight is 773 g/mol. The molecule has 11 aromatic rings. The molecule has 1 aliphatic heterocycles. The Morgan fingerprint density at radius 1 is 0.328 bits per heavy atom. The molecule has 0 atom stereocenters. The Morgan fingerprint density at radius 3 is 1.59 bits per heavy atom. The largest absolute Gasteiger partial charge is 0.309 e. The van der Waals surface area contributed by atoms with Crippen molar-refractivity contribution in [2.75, 3.05) is 0 Å². The number of nitrogens with zero attached hydrogens (tertiary/aromatic N) is 2. The quantitative estimate of drug-likeness (QED) is 0.121. The van der Waals surface area contributed by atoms with Crippen molar-refractivity contribution < 1.29 is 0 Å². The highest BCUT2D eigenvalue weighted by Gasteiger charge is 2.41. The third kappa shape index (κ3) is 4.86. The van der Waals surface area contributed by atoms with Crippen LogP contribution in [0.25, 0.3) is 66.1 Å². The monoisotopic (exact) mass is 772 g/mol. The van der Waals surface area contributed by atoms with Crippen molar-refractivity contribution in [2.24, 2.45) is 0 Å². The van der Waals surface area contributed by atoms with Gasteiger partial charge in [0.1, 0.15) is 0 Å². The molecule has 4 heteroatoms. The van der Waals surface area contributed by atoms with E-state index in [1.54, 1.807) is 0 Å². The molecule has 2 aromatic heterocycles. The predicted octanol–water partition coefficient (Wildman–Crippen LogP) is 11.4. The van der Waals surface area contributed by atoms with E-state index in [0.717, 1.165) is 5.69 Å². The Bertz CT molecular complexity index is 3250. The Labute approximate surface area is 342 Å². The van der Waals surface area contributed by atoms with Crippen molar-refractivity contribution in [3.05, 3.63) is 218 Å². The fourth-order valence-electron chi connectivity index (χ4n) is 9.75. The molecule has 1 aliphatic rings. The molecule has 0 N–H and O–H groups in total. The molecule has 12 rings (SSSR count). The summed E-state index contributed by atoms with van der Waals surface area (Å²) in [5.74, 6) is 0. The maximum atomic E-state index is 2.51. The highest BCUT2D eigenvalue weighted by atomic mass is 32.2. The molecule has 272 valence electrons. The van der Waals surface area contributed by atoms with Gasteiger partial charge in [-0.1, -0.05) is 176 Å². The van der Waals surface area contributed by atoms with Crippen LogP contribution in [0, 0.1) is 0 Å². The number of aromatic nitrogens is 2. The van der Waals surface area contributed by atoms with Crippen molar-refractivity contribution in [2.45, 2.75) is 9.79 Å². The van der Waals surface area contributed by atoms with Crippen LogP contribution in [0.3, 0.4) is 0 Å². The Kier molecular flexibility index (Phi) is 7.52. The first-order valence-electron chi connectivity index (χ1n) is 19.9. The Balaban J connectivity index is 1.01. The summed E-state index contributed by atoms with van der Waals surface area (Å²) >= 11 is 1.87. The molecule has 0 fully saturated rings. The first kappa shape index (κ1) is 33.3. The number of fused-ring (bicyclic) bond motifs is 8. The van der Waals surface area contributed by atoms with E-state index in [-0.39, 0.29) is 0 Å². The fraction of sp³-hybridized carbons (Fsp3) is 0. The van der Waals surface area contributed by atoms with Gasteiger partial charge in [0, 0.05) is 37.0 Å². The summed E-state index contributed by atoms with van der Waals surface area (Å²) in [4.78, 5) is 2.61. The zero-order valence-electron chi connectivity index (χ0n) is 31.6. The molecule has 0 spiro atoms. The molecule has 0 radical (unpaired) electrons. The van der Waals surface area contributed by atoms with E-state index in [0.29, 0.717) is 0 Å². The average Bonchev–Trinajstić information content (AvgIpc) is 3.81. The number of para-hydroxylation sites is 3. The van der Waals surface area contributed by atoms with Gasteiger partial charge < -0.3 is 9.13 Å². The van der Waals surface area contributed by atoms with E-state index >= 15 is 0 Å². The minimum Gasteiger partial charge on any atom is -0.309 e. The lowest BCUT2D eigenvalue weighted by Crippen LogP contribution is -2.74. The lowest BCUT2D eigenvalue weighted by Gasteiger charge is -2.34. The summed E-state index contributed by atoms with van der Waals surface area (Å²) < 4.78 is 4.90. The highest BCUT2D eigenvalue weighted by molar-refractivity contribution is 7.99. The molecule has 9 aromatic carbocycles. The van der Waals surface area contributed by atoms with E-state index in [4.69, 9.17) is 0 Å². The van der Waals surface area contributed by atoms with E-state index in [9.17, 15) is 0 Å². The lowest BCUT2D eigenvalue weighted by atomic mass is 10.0. The Morgan fingerprint density at radius 2 is 0.862 bits per heavy atom. The van der Waals surface area contributed by atoms with E-state index < -0.39 is 8.07 Å². The minimum absolute atomic E-state index is 1.15. The molecular weight excluding hydrogens is 737 g/mol. The van der Waals surface area contributed by atoms with Crippen LogP contribution in [-0.4, -0.2) is 17.2 Å². The van der Waals surface area contributed by atoms with Gasteiger partial charge in [-0.15, -0.1) is 0 Å². The first-order chi connectivity index (χ1) is 28.8. The van der Waals surface area contributed by atoms with Crippen molar-refractivity contribution >= 4 is 84.2 Å². The van der Waals surface area contributed by atoms with Gasteiger partial charge >= 0.3 is 0 Å². The summed E-state index contributed by atoms with van der Waals surface area (Å²) in [6, 6.07) is 81.4. The van der Waals surface area contributed by atoms with Gasteiger partial charge in [-0.05, 0) is 86.5 Å². The molecule has 3 heterocycles. The molecule has 0 saturated heterocycles. The smallest absolute Gasteiger partial charge is 0.179 e. The van der Waals surface area contributed by atoms with E-state index in [1.807, 2.05) is 11.8 Å². The molecule has 0 saturated carbocycles. The van der Waals surface area contributed by atoms with Crippen LogP contribution in [0.15, 0.2) is 228 Å². The highest BCUT2D eigenvalue weighted by Crippen LogP contribution is 2.47. The van der Waals surface area contributed by atoms with Crippen LogP contribution in [0.4, 0.5) is 0 Å². The summed E-state index contributed by atoms with van der Waals surface area (Å²) in [5, 5.41) is 10.6. The van der Waals surface area contributed by atoms with Gasteiger partial charge in [0.2, 0.25) is 0 Å². The minimum atomic E-state index is -2.69. The zero-order chi connectivity index (χ0) is 38.2. The van der Waals surface area contributed by atoms with Gasteiger partial charge in [-0.3, -0.25) is 0 Å². The van der Waals surface area contributed by atoms with Crippen molar-refractivity contribution in [1.82, 2.24) is 9.13 Å². The summed E-state index contributed by atoms with van der Waals surface area (Å²) in [6.45, 7) is 0. The Hall–Kier alpha value is -6.85. The van der Waals surface area contributed by atoms with Gasteiger partial charge in [-0.2, -0.15) is 0 Å². The standard InChI is InChI=1S/C54H36N2SSi/c1-4-15-40(16-5-1)58(41-17-6-2-7-18-41,42-19-8-3-9-20-42)43-32-34-49-47(36-43)44-21-10-11-23-48(44)55(49)39-30-27-37(28-31-39)38-29-33-50-46(35-38)45-22-14-26-53-54(45)56(50)51-24-12-13-25-52(51)57-53/h1-36H. The summed E-state index contributed by atoms with van der Waals surface area (Å²) in [5.41, 5.74) is 9.82. The topological polar surface area (TPSA) is 9.86 Å². The van der Waals surface area contributed by atoms with Gasteiger partial charge in [0.15, 0.2) is 8.07 Å². The molecule has 58 heavy (non-hydrogen) atoms. The molecule has 0 unspecified atom stereocenters. The number of benzene rings is 9. The molecule has 2 nitrogen and oxygen atoms in total. The number of hydrogen-bond donors (Lipinski definition) is 0. The van der Waals surface area contributed by atoms with Crippen LogP contribution in [-0.2, 0) is 0 Å². The SMILES string of the molecule is c1ccc([Si](c2ccccc2)(c2ccccc2)c2ccc3c(c2)c2ccccc2n3-c2ccc(-c3ccc4c(c3)c3cccc5c3n4-c3ccccc3S5)cc2)cc1. The molecule has 0 aliphatic carbocycles. The fourth-order valence-corrected chi connectivity index (χ4v) is 15.6. The van der Waals surface area contributed by atoms with Crippen LogP contribution >= 0.6 is 11.8 Å². The van der Waals surface area contributed by atoms with Crippen molar-refractivity contribution in [3.8, 4) is 22.5 Å². The van der Waals surface area contributed by atoms with Gasteiger partial charge in [-0.25, -0.2) is 0 Å². The predicted molar refractivity (Wildman–Crippen MR) is 248 cm³/mol. The normalized spacial score (nSPS) is 12.4. The van der Waals surface area contributed by atoms with Crippen LogP contribution in [0.5, 0.6) is 0 Å². The third-order valence-electron chi connectivity index (χ3n) is 12.3. The first-order valence-corrected chi connectivity index (χ1v) is 22.7. The summed E-state index contributed by atoms with van der Waals surface area (Å²) in [7, 11) is -2.69. The van der Waals surface area contributed by atoms with Crippen molar-refractivity contribution in [1.29, 1.82) is 0 Å².